The van der Waals surface area contributed by atoms with Crippen molar-refractivity contribution in [3.8, 4) is 11.4 Å². The zero-order valence-electron chi connectivity index (χ0n) is 17.4. The van der Waals surface area contributed by atoms with Gasteiger partial charge >= 0.3 is 0 Å². The van der Waals surface area contributed by atoms with E-state index in [2.05, 4.69) is 15.2 Å². The largest absolute Gasteiger partial charge is 0.489 e. The zero-order chi connectivity index (χ0) is 22.8. The van der Waals surface area contributed by atoms with Gasteiger partial charge in [-0.25, -0.2) is 0 Å². The Kier molecular flexibility index (Phi) is 6.12. The van der Waals surface area contributed by atoms with Crippen LogP contribution < -0.4 is 15.4 Å². The summed E-state index contributed by atoms with van der Waals surface area (Å²) in [5.74, 6) is -0.267. The Labute approximate surface area is 195 Å². The van der Waals surface area contributed by atoms with Crippen molar-refractivity contribution in [1.82, 2.24) is 15.2 Å². The van der Waals surface area contributed by atoms with Crippen molar-refractivity contribution in [2.45, 2.75) is 20.5 Å². The first-order chi connectivity index (χ1) is 15.3. The number of nitrogens with one attached hydrogen (secondary N) is 2. The van der Waals surface area contributed by atoms with Crippen molar-refractivity contribution in [2.75, 3.05) is 0 Å². The molecule has 1 fully saturated rings. The minimum absolute atomic E-state index is 0.0148. The molecule has 0 bridgehead atoms. The van der Waals surface area contributed by atoms with E-state index in [9.17, 15) is 9.59 Å². The number of carbonyl (C=O) groups excluding carboxylic acids is 2. The summed E-state index contributed by atoms with van der Waals surface area (Å²) in [7, 11) is 0. The van der Waals surface area contributed by atoms with Crippen LogP contribution in [0.15, 0.2) is 60.2 Å². The van der Waals surface area contributed by atoms with Crippen LogP contribution in [0.25, 0.3) is 11.8 Å². The van der Waals surface area contributed by atoms with Gasteiger partial charge in [-0.3, -0.25) is 20.2 Å². The molecule has 6 nitrogen and oxygen atoms in total. The number of rotatable bonds is 5. The molecule has 1 aliphatic heterocycles. The highest BCUT2D eigenvalue weighted by atomic mass is 35.5. The summed E-state index contributed by atoms with van der Waals surface area (Å²) in [6.45, 7) is 4.35. The van der Waals surface area contributed by atoms with Crippen molar-refractivity contribution in [3.63, 3.8) is 0 Å². The number of hydrogen-bond donors (Lipinski definition) is 2. The lowest BCUT2D eigenvalue weighted by molar-refractivity contribution is -0.123. The topological polar surface area (TPSA) is 72.4 Å². The molecule has 0 aliphatic carbocycles. The Balaban J connectivity index is 1.54. The van der Waals surface area contributed by atoms with Crippen molar-refractivity contribution in [3.05, 3.63) is 87.7 Å². The molecule has 32 heavy (non-hydrogen) atoms. The first-order valence-corrected chi connectivity index (χ1v) is 10.7. The minimum atomic E-state index is -0.509. The SMILES string of the molecule is Cc1cc(C=C2C(=O)NC(=S)NC2=O)c(C)n1-c1ccc(OCc2ccc(Cl)cc2)cc1. The van der Waals surface area contributed by atoms with E-state index in [0.29, 0.717) is 11.6 Å². The van der Waals surface area contributed by atoms with Crippen molar-refractivity contribution in [1.29, 1.82) is 0 Å². The van der Waals surface area contributed by atoms with E-state index in [1.165, 1.54) is 0 Å². The Morgan fingerprint density at radius 1 is 1.00 bits per heavy atom. The quantitative estimate of drug-likeness (QED) is 0.336. The molecule has 1 aromatic heterocycles. The molecular weight excluding hydrogens is 446 g/mol. The number of nitrogens with zero attached hydrogens (tertiary/aromatic N) is 1. The molecule has 8 heteroatoms. The van der Waals surface area contributed by atoms with E-state index in [-0.39, 0.29) is 10.7 Å². The molecule has 3 aromatic rings. The number of thiocarbonyl (C=S) groups is 1. The van der Waals surface area contributed by atoms with E-state index in [0.717, 1.165) is 34.0 Å². The molecule has 0 radical (unpaired) electrons. The Hall–Kier alpha value is -3.42. The summed E-state index contributed by atoms with van der Waals surface area (Å²) in [6, 6.07) is 17.2. The molecule has 1 saturated heterocycles. The van der Waals surface area contributed by atoms with Gasteiger partial charge < -0.3 is 9.30 Å². The lowest BCUT2D eigenvalue weighted by atomic mass is 10.1. The highest BCUT2D eigenvalue weighted by Gasteiger charge is 2.26. The van der Waals surface area contributed by atoms with Crippen LogP contribution >= 0.6 is 23.8 Å². The van der Waals surface area contributed by atoms with Crippen LogP contribution in [-0.4, -0.2) is 21.5 Å². The number of aryl methyl sites for hydroxylation is 1. The molecule has 1 aliphatic rings. The van der Waals surface area contributed by atoms with Gasteiger partial charge in [-0.15, -0.1) is 0 Å². The van der Waals surface area contributed by atoms with Crippen LogP contribution in [-0.2, 0) is 16.2 Å². The summed E-state index contributed by atoms with van der Waals surface area (Å²) in [5, 5.41) is 5.61. The predicted molar refractivity (Wildman–Crippen MR) is 128 cm³/mol. The first kappa shape index (κ1) is 21.8. The third-order valence-corrected chi connectivity index (χ3v) is 5.58. The lowest BCUT2D eigenvalue weighted by Gasteiger charge is -2.16. The minimum Gasteiger partial charge on any atom is -0.489 e. The zero-order valence-corrected chi connectivity index (χ0v) is 19.0. The second kappa shape index (κ2) is 8.98. The molecule has 0 spiro atoms. The van der Waals surface area contributed by atoms with Gasteiger partial charge in [0.1, 0.15) is 17.9 Å². The lowest BCUT2D eigenvalue weighted by Crippen LogP contribution is -2.51. The number of benzene rings is 2. The van der Waals surface area contributed by atoms with Gasteiger partial charge in [0.2, 0.25) is 0 Å². The number of halogens is 1. The molecule has 2 aromatic carbocycles. The summed E-state index contributed by atoms with van der Waals surface area (Å²) >= 11 is 10.8. The third-order valence-electron chi connectivity index (χ3n) is 5.13. The van der Waals surface area contributed by atoms with E-state index in [1.807, 2.05) is 68.4 Å². The standard InChI is InChI=1S/C24H20ClN3O3S/c1-14-11-17(12-21-22(29)26-24(32)27-23(21)30)15(2)28(14)19-7-9-20(10-8-19)31-13-16-3-5-18(25)6-4-16/h3-12H,13H2,1-2H3,(H2,26,27,29,30,32). The summed E-state index contributed by atoms with van der Waals surface area (Å²) in [4.78, 5) is 24.3. The van der Waals surface area contributed by atoms with Crippen LogP contribution in [0.4, 0.5) is 0 Å². The Morgan fingerprint density at radius 2 is 1.62 bits per heavy atom. The third kappa shape index (κ3) is 4.59. The van der Waals surface area contributed by atoms with Crippen molar-refractivity contribution < 1.29 is 14.3 Å². The van der Waals surface area contributed by atoms with Crippen molar-refractivity contribution >= 4 is 46.8 Å². The van der Waals surface area contributed by atoms with Crippen LogP contribution in [0.3, 0.4) is 0 Å². The number of carbonyl (C=O) groups is 2. The van der Waals surface area contributed by atoms with Gasteiger partial charge in [0.15, 0.2) is 5.11 Å². The van der Waals surface area contributed by atoms with Crippen molar-refractivity contribution in [2.24, 2.45) is 0 Å². The second-order valence-electron chi connectivity index (χ2n) is 7.37. The van der Waals surface area contributed by atoms with E-state index in [4.69, 9.17) is 28.6 Å². The average molecular weight is 466 g/mol. The van der Waals surface area contributed by atoms with Gasteiger partial charge in [-0.2, -0.15) is 0 Å². The van der Waals surface area contributed by atoms with E-state index >= 15 is 0 Å². The molecule has 0 atom stereocenters. The van der Waals surface area contributed by atoms with Crippen LogP contribution in [0.5, 0.6) is 5.75 Å². The van der Waals surface area contributed by atoms with E-state index in [1.54, 1.807) is 6.08 Å². The van der Waals surface area contributed by atoms with Gasteiger partial charge in [0, 0.05) is 22.1 Å². The molecule has 162 valence electrons. The molecule has 2 heterocycles. The molecule has 0 saturated carbocycles. The molecular formula is C24H20ClN3O3S. The molecule has 2 N–H and O–H groups in total. The maximum atomic E-state index is 12.2. The number of hydrogen-bond acceptors (Lipinski definition) is 4. The van der Waals surface area contributed by atoms with Crippen LogP contribution in [0.1, 0.15) is 22.5 Å². The fourth-order valence-corrected chi connectivity index (χ4v) is 3.84. The maximum absolute atomic E-state index is 12.2. The normalized spacial score (nSPS) is 13.6. The summed E-state index contributed by atoms with van der Waals surface area (Å²) < 4.78 is 7.91. The van der Waals surface area contributed by atoms with Crippen LogP contribution in [0, 0.1) is 13.8 Å². The van der Waals surface area contributed by atoms with Gasteiger partial charge in [0.25, 0.3) is 11.8 Å². The highest BCUT2D eigenvalue weighted by Crippen LogP contribution is 2.25. The first-order valence-electron chi connectivity index (χ1n) is 9.87. The van der Waals surface area contributed by atoms with Gasteiger partial charge in [-0.1, -0.05) is 23.7 Å². The highest BCUT2D eigenvalue weighted by molar-refractivity contribution is 7.80. The van der Waals surface area contributed by atoms with E-state index < -0.39 is 11.8 Å². The van der Waals surface area contributed by atoms with Crippen LogP contribution in [0.2, 0.25) is 5.02 Å². The monoisotopic (exact) mass is 465 g/mol. The van der Waals surface area contributed by atoms with Gasteiger partial charge in [-0.05, 0) is 85.7 Å². The molecule has 4 rings (SSSR count). The summed E-state index contributed by atoms with van der Waals surface area (Å²) in [5.41, 5.74) is 4.64. The number of aromatic nitrogens is 1. The fourth-order valence-electron chi connectivity index (χ4n) is 3.53. The molecule has 2 amide bonds. The Morgan fingerprint density at radius 3 is 2.25 bits per heavy atom. The Bertz CT molecular complexity index is 1220. The summed E-state index contributed by atoms with van der Waals surface area (Å²) in [6.07, 6.45) is 1.58. The second-order valence-corrected chi connectivity index (χ2v) is 8.21. The number of amides is 2. The predicted octanol–water partition coefficient (Wildman–Crippen LogP) is 4.24. The smallest absolute Gasteiger partial charge is 0.263 e. The average Bonchev–Trinajstić information content (AvgIpc) is 3.03. The fraction of sp³-hybridized carbons (Fsp3) is 0.125. The number of ether oxygens (including phenoxy) is 1. The maximum Gasteiger partial charge on any atom is 0.263 e. The molecule has 0 unspecified atom stereocenters. The van der Waals surface area contributed by atoms with Gasteiger partial charge in [0.05, 0.1) is 0 Å².